The van der Waals surface area contributed by atoms with Crippen molar-refractivity contribution in [2.24, 2.45) is 11.3 Å². The summed E-state index contributed by atoms with van der Waals surface area (Å²) in [6.45, 7) is 6.07. The predicted molar refractivity (Wildman–Crippen MR) is 71.4 cm³/mol. The molecule has 96 valence electrons. The highest BCUT2D eigenvalue weighted by Gasteiger charge is 2.26. The van der Waals surface area contributed by atoms with Gasteiger partial charge in [0.25, 0.3) is 0 Å². The second kappa shape index (κ2) is 5.66. The molecular formula is C13H16BrClF2. The molecule has 0 amide bonds. The highest BCUT2D eigenvalue weighted by molar-refractivity contribution is 9.10. The van der Waals surface area contributed by atoms with Crippen molar-refractivity contribution in [2.45, 2.75) is 27.2 Å². The van der Waals surface area contributed by atoms with Gasteiger partial charge in [0.05, 0.1) is 4.47 Å². The smallest absolute Gasteiger partial charge is 0.143 e. The molecule has 4 heteroatoms. The SMILES string of the molecule is CC(C)(C)C(CCl)Cc1c(F)ccc(Br)c1F. The van der Waals surface area contributed by atoms with E-state index in [1.807, 2.05) is 20.8 Å². The van der Waals surface area contributed by atoms with Crippen molar-refractivity contribution in [3.8, 4) is 0 Å². The second-order valence-corrected chi connectivity index (χ2v) is 6.41. The second-order valence-electron chi connectivity index (χ2n) is 5.24. The van der Waals surface area contributed by atoms with E-state index < -0.39 is 11.6 Å². The van der Waals surface area contributed by atoms with Crippen LogP contribution in [0.3, 0.4) is 0 Å². The molecule has 1 atom stereocenters. The summed E-state index contributed by atoms with van der Waals surface area (Å²) in [4.78, 5) is 0. The van der Waals surface area contributed by atoms with E-state index in [1.54, 1.807) is 0 Å². The highest BCUT2D eigenvalue weighted by atomic mass is 79.9. The standard InChI is InChI=1S/C13H16BrClF2/c1-13(2,3)8(7-15)6-9-11(16)5-4-10(14)12(9)17/h4-5,8H,6-7H2,1-3H3. The van der Waals surface area contributed by atoms with Gasteiger partial charge in [0.1, 0.15) is 11.6 Å². The van der Waals surface area contributed by atoms with Crippen LogP contribution in [0.5, 0.6) is 0 Å². The van der Waals surface area contributed by atoms with Gasteiger partial charge in [0.2, 0.25) is 0 Å². The summed E-state index contributed by atoms with van der Waals surface area (Å²) in [5, 5.41) is 0. The maximum atomic E-state index is 13.8. The molecule has 1 aromatic rings. The lowest BCUT2D eigenvalue weighted by Gasteiger charge is -2.29. The highest BCUT2D eigenvalue weighted by Crippen LogP contribution is 2.32. The monoisotopic (exact) mass is 324 g/mol. The third kappa shape index (κ3) is 3.65. The molecule has 1 rings (SSSR count). The van der Waals surface area contributed by atoms with E-state index >= 15 is 0 Å². The predicted octanol–water partition coefficient (Wildman–Crippen LogP) is 5.17. The molecule has 1 aromatic carbocycles. The molecule has 0 N–H and O–H groups in total. The molecule has 0 fully saturated rings. The van der Waals surface area contributed by atoms with Crippen LogP contribution >= 0.6 is 27.5 Å². The Hall–Kier alpha value is -0.150. The van der Waals surface area contributed by atoms with Gasteiger partial charge in [-0.05, 0) is 45.8 Å². The molecule has 17 heavy (non-hydrogen) atoms. The third-order valence-corrected chi connectivity index (χ3v) is 3.99. The van der Waals surface area contributed by atoms with Crippen LogP contribution in [0.1, 0.15) is 26.3 Å². The van der Waals surface area contributed by atoms with Crippen LogP contribution in [-0.4, -0.2) is 5.88 Å². The zero-order chi connectivity index (χ0) is 13.2. The van der Waals surface area contributed by atoms with Gasteiger partial charge in [-0.1, -0.05) is 20.8 Å². The maximum Gasteiger partial charge on any atom is 0.143 e. The van der Waals surface area contributed by atoms with E-state index in [0.717, 1.165) is 0 Å². The largest absolute Gasteiger partial charge is 0.207 e. The first-order chi connectivity index (χ1) is 7.77. The van der Waals surface area contributed by atoms with Gasteiger partial charge < -0.3 is 0 Å². The molecular weight excluding hydrogens is 309 g/mol. The van der Waals surface area contributed by atoms with Crippen molar-refractivity contribution < 1.29 is 8.78 Å². The minimum absolute atomic E-state index is 0.0301. The molecule has 0 nitrogen and oxygen atoms in total. The third-order valence-electron chi connectivity index (χ3n) is 3.00. The van der Waals surface area contributed by atoms with Crippen LogP contribution in [0.15, 0.2) is 16.6 Å². The van der Waals surface area contributed by atoms with Crippen molar-refractivity contribution in [3.05, 3.63) is 33.8 Å². The molecule has 0 heterocycles. The molecule has 0 aliphatic carbocycles. The van der Waals surface area contributed by atoms with Crippen LogP contribution < -0.4 is 0 Å². The van der Waals surface area contributed by atoms with E-state index in [9.17, 15) is 8.78 Å². The van der Waals surface area contributed by atoms with E-state index in [-0.39, 0.29) is 21.4 Å². The zero-order valence-corrected chi connectivity index (χ0v) is 12.5. The van der Waals surface area contributed by atoms with Gasteiger partial charge in [-0.25, -0.2) is 8.78 Å². The summed E-state index contributed by atoms with van der Waals surface area (Å²) < 4.78 is 27.7. The summed E-state index contributed by atoms with van der Waals surface area (Å²) in [6, 6.07) is 2.65. The minimum atomic E-state index is -0.524. The average molecular weight is 326 g/mol. The van der Waals surface area contributed by atoms with Crippen LogP contribution in [0, 0.1) is 23.0 Å². The summed E-state index contributed by atoms with van der Waals surface area (Å²) in [7, 11) is 0. The summed E-state index contributed by atoms with van der Waals surface area (Å²) >= 11 is 8.96. The lowest BCUT2D eigenvalue weighted by atomic mass is 9.78. The molecule has 0 aliphatic rings. The zero-order valence-electron chi connectivity index (χ0n) is 10.2. The number of benzene rings is 1. The van der Waals surface area contributed by atoms with Gasteiger partial charge in [0.15, 0.2) is 0 Å². The molecule has 0 bridgehead atoms. The molecule has 0 aromatic heterocycles. The molecule has 0 spiro atoms. The number of halogens is 4. The first-order valence-electron chi connectivity index (χ1n) is 5.45. The first kappa shape index (κ1) is 14.9. The number of rotatable bonds is 3. The van der Waals surface area contributed by atoms with Crippen molar-refractivity contribution in [2.75, 3.05) is 5.88 Å². The van der Waals surface area contributed by atoms with Crippen LogP contribution in [-0.2, 0) is 6.42 Å². The Balaban J connectivity index is 3.06. The summed E-state index contributed by atoms with van der Waals surface area (Å²) in [5.74, 6) is -0.619. The normalized spacial score (nSPS) is 13.8. The van der Waals surface area contributed by atoms with E-state index in [4.69, 9.17) is 11.6 Å². The van der Waals surface area contributed by atoms with E-state index in [1.165, 1.54) is 12.1 Å². The first-order valence-corrected chi connectivity index (χ1v) is 6.78. The fraction of sp³-hybridized carbons (Fsp3) is 0.538. The molecule has 0 radical (unpaired) electrons. The van der Waals surface area contributed by atoms with Crippen molar-refractivity contribution >= 4 is 27.5 Å². The van der Waals surface area contributed by atoms with Crippen molar-refractivity contribution in [1.29, 1.82) is 0 Å². The minimum Gasteiger partial charge on any atom is -0.207 e. The Morgan fingerprint density at radius 1 is 1.29 bits per heavy atom. The number of hydrogen-bond acceptors (Lipinski definition) is 0. The Labute approximate surface area is 114 Å². The van der Waals surface area contributed by atoms with Gasteiger partial charge in [-0.15, -0.1) is 11.6 Å². The van der Waals surface area contributed by atoms with Crippen LogP contribution in [0.25, 0.3) is 0 Å². The Morgan fingerprint density at radius 2 is 1.88 bits per heavy atom. The van der Waals surface area contributed by atoms with Crippen LogP contribution in [0.4, 0.5) is 8.78 Å². The Kier molecular flexibility index (Phi) is 4.96. The number of alkyl halides is 1. The number of hydrogen-bond donors (Lipinski definition) is 0. The Morgan fingerprint density at radius 3 is 2.35 bits per heavy atom. The average Bonchev–Trinajstić information content (AvgIpc) is 2.22. The summed E-state index contributed by atoms with van der Waals surface area (Å²) in [5.41, 5.74) is 0.0307. The topological polar surface area (TPSA) is 0 Å². The maximum absolute atomic E-state index is 13.8. The van der Waals surface area contributed by atoms with E-state index in [0.29, 0.717) is 12.3 Å². The van der Waals surface area contributed by atoms with Gasteiger partial charge in [0, 0.05) is 11.4 Å². The molecule has 1 unspecified atom stereocenters. The molecule has 0 saturated carbocycles. The molecule has 0 saturated heterocycles. The fourth-order valence-electron chi connectivity index (χ4n) is 1.59. The van der Waals surface area contributed by atoms with Gasteiger partial charge in [-0.3, -0.25) is 0 Å². The van der Waals surface area contributed by atoms with Gasteiger partial charge in [-0.2, -0.15) is 0 Å². The van der Waals surface area contributed by atoms with Crippen molar-refractivity contribution in [1.82, 2.24) is 0 Å². The lowest BCUT2D eigenvalue weighted by molar-refractivity contribution is 0.259. The van der Waals surface area contributed by atoms with Crippen molar-refractivity contribution in [3.63, 3.8) is 0 Å². The Bertz CT molecular complexity index is 399. The van der Waals surface area contributed by atoms with Crippen LogP contribution in [0.2, 0.25) is 0 Å². The lowest BCUT2D eigenvalue weighted by Crippen LogP contribution is -2.25. The fourth-order valence-corrected chi connectivity index (χ4v) is 2.54. The van der Waals surface area contributed by atoms with Gasteiger partial charge >= 0.3 is 0 Å². The quantitative estimate of drug-likeness (QED) is 0.531. The van der Waals surface area contributed by atoms with E-state index in [2.05, 4.69) is 15.9 Å². The molecule has 0 aliphatic heterocycles. The summed E-state index contributed by atoms with van der Waals surface area (Å²) in [6.07, 6.45) is 0.310.